The van der Waals surface area contributed by atoms with Gasteiger partial charge in [-0.2, -0.15) is 0 Å². The number of rotatable bonds is 4. The van der Waals surface area contributed by atoms with Crippen molar-refractivity contribution in [3.8, 4) is 0 Å². The smallest absolute Gasteiger partial charge is 0.0980 e. The number of nitrogens with zero attached hydrogens (tertiary/aromatic N) is 2. The summed E-state index contributed by atoms with van der Waals surface area (Å²) in [4.78, 5) is 10.4. The number of amidine groups is 2. The van der Waals surface area contributed by atoms with Gasteiger partial charge in [-0.1, -0.05) is 90.8 Å². The van der Waals surface area contributed by atoms with Gasteiger partial charge in [0.05, 0.1) is 23.8 Å². The zero-order valence-corrected chi connectivity index (χ0v) is 24.3. The normalized spacial score (nSPS) is 19.8. The lowest BCUT2D eigenvalue weighted by Crippen LogP contribution is -2.31. The molecular formula is C32H48N4. The summed E-state index contributed by atoms with van der Waals surface area (Å²) in [6.45, 7) is 22.1. The lowest BCUT2D eigenvalue weighted by Gasteiger charge is -2.29. The van der Waals surface area contributed by atoms with Crippen LogP contribution in [0, 0.1) is 13.8 Å². The summed E-state index contributed by atoms with van der Waals surface area (Å²) in [6.07, 6.45) is 4.59. The molecule has 0 amide bonds. The summed E-state index contributed by atoms with van der Waals surface area (Å²) in [5.41, 5.74) is 7.66. The topological polar surface area (TPSA) is 48.8 Å². The van der Waals surface area contributed by atoms with Gasteiger partial charge in [-0.25, -0.2) is 0 Å². The van der Waals surface area contributed by atoms with E-state index in [2.05, 4.69) is 116 Å². The van der Waals surface area contributed by atoms with Crippen LogP contribution in [0.15, 0.2) is 46.4 Å². The van der Waals surface area contributed by atoms with E-state index in [1.54, 1.807) is 0 Å². The lowest BCUT2D eigenvalue weighted by molar-refractivity contribution is 0.388. The Hall–Kier alpha value is -2.62. The number of anilines is 2. The first-order valence-electron chi connectivity index (χ1n) is 13.6. The maximum Gasteiger partial charge on any atom is 0.0980 e. The van der Waals surface area contributed by atoms with E-state index < -0.39 is 0 Å². The fourth-order valence-electron chi connectivity index (χ4n) is 5.23. The minimum absolute atomic E-state index is 0.0660. The summed E-state index contributed by atoms with van der Waals surface area (Å²) in [5.74, 6) is 1.95. The molecule has 4 nitrogen and oxygen atoms in total. The first kappa shape index (κ1) is 28.0. The maximum atomic E-state index is 5.18. The van der Waals surface area contributed by atoms with E-state index in [-0.39, 0.29) is 22.9 Å². The van der Waals surface area contributed by atoms with E-state index in [9.17, 15) is 0 Å². The van der Waals surface area contributed by atoms with Crippen molar-refractivity contribution in [1.29, 1.82) is 0 Å². The number of nitrogens with one attached hydrogen (secondary N) is 2. The Morgan fingerprint density at radius 2 is 1.03 bits per heavy atom. The van der Waals surface area contributed by atoms with Crippen molar-refractivity contribution in [1.82, 2.24) is 0 Å². The van der Waals surface area contributed by atoms with E-state index in [0.717, 1.165) is 24.5 Å². The summed E-state index contributed by atoms with van der Waals surface area (Å²) < 4.78 is 0. The molecule has 1 fully saturated rings. The molecule has 4 heteroatoms. The molecule has 0 aliphatic heterocycles. The number of hydrogen-bond donors (Lipinski definition) is 2. The van der Waals surface area contributed by atoms with E-state index in [4.69, 9.17) is 9.98 Å². The van der Waals surface area contributed by atoms with Crippen LogP contribution in [0.3, 0.4) is 0 Å². The van der Waals surface area contributed by atoms with Crippen LogP contribution in [0.5, 0.6) is 0 Å². The number of hydrogen-bond acceptors (Lipinski definition) is 2. The fraction of sp³-hybridized carbons (Fsp3) is 0.562. The Kier molecular flexibility index (Phi) is 8.69. The zero-order chi connectivity index (χ0) is 26.7. The average molecular weight is 489 g/mol. The molecule has 0 heterocycles. The summed E-state index contributed by atoms with van der Waals surface area (Å²) in [5, 5.41) is 7.33. The second-order valence-electron chi connectivity index (χ2n) is 12.6. The molecule has 2 N–H and O–H groups in total. The van der Waals surface area contributed by atoms with Crippen molar-refractivity contribution in [3.63, 3.8) is 0 Å². The van der Waals surface area contributed by atoms with Gasteiger partial charge in [0, 0.05) is 11.4 Å². The fourth-order valence-corrected chi connectivity index (χ4v) is 5.23. The van der Waals surface area contributed by atoms with Gasteiger partial charge in [0.2, 0.25) is 0 Å². The Labute approximate surface area is 220 Å². The van der Waals surface area contributed by atoms with Gasteiger partial charge >= 0.3 is 0 Å². The van der Waals surface area contributed by atoms with E-state index in [0.29, 0.717) is 0 Å². The van der Waals surface area contributed by atoms with Gasteiger partial charge in [0.1, 0.15) is 0 Å². The molecule has 196 valence electrons. The minimum Gasteiger partial charge on any atom is -0.344 e. The summed E-state index contributed by atoms with van der Waals surface area (Å²) >= 11 is 0. The summed E-state index contributed by atoms with van der Waals surface area (Å²) in [7, 11) is 0. The molecule has 2 aromatic carbocycles. The second kappa shape index (κ2) is 11.2. The molecule has 0 radical (unpaired) electrons. The largest absolute Gasteiger partial charge is 0.344 e. The Morgan fingerprint density at radius 1 is 0.667 bits per heavy atom. The van der Waals surface area contributed by atoms with Gasteiger partial charge in [-0.05, 0) is 73.6 Å². The van der Waals surface area contributed by atoms with Crippen molar-refractivity contribution < 1.29 is 0 Å². The Bertz CT molecular complexity index is 1020. The molecule has 1 aliphatic carbocycles. The van der Waals surface area contributed by atoms with Crippen LogP contribution in [0.1, 0.15) is 103 Å². The molecule has 1 saturated carbocycles. The van der Waals surface area contributed by atoms with Crippen LogP contribution in [0.2, 0.25) is 0 Å². The van der Waals surface area contributed by atoms with Crippen molar-refractivity contribution in [2.75, 3.05) is 10.6 Å². The third-order valence-corrected chi connectivity index (χ3v) is 7.19. The molecule has 2 aromatic rings. The highest BCUT2D eigenvalue weighted by Crippen LogP contribution is 2.33. The monoisotopic (exact) mass is 488 g/mol. The van der Waals surface area contributed by atoms with Gasteiger partial charge < -0.3 is 10.6 Å². The molecule has 0 unspecified atom stereocenters. The molecule has 36 heavy (non-hydrogen) atoms. The third-order valence-electron chi connectivity index (χ3n) is 7.19. The van der Waals surface area contributed by atoms with E-state index in [1.165, 1.54) is 46.5 Å². The van der Waals surface area contributed by atoms with Crippen molar-refractivity contribution >= 4 is 23.0 Å². The van der Waals surface area contributed by atoms with Gasteiger partial charge in [-0.3, -0.25) is 9.98 Å². The van der Waals surface area contributed by atoms with Gasteiger partial charge in [0.25, 0.3) is 0 Å². The van der Waals surface area contributed by atoms with Crippen LogP contribution >= 0.6 is 0 Å². The molecule has 0 saturated heterocycles. The van der Waals surface area contributed by atoms with Crippen LogP contribution in [0.4, 0.5) is 11.4 Å². The SMILES string of the molecule is CC(=N[C@H]1CCCC[C@@H]1N=C(C)Nc1c(C)cccc1C(C)(C)C)Nc1c(C)cccc1C(C)(C)C. The first-order valence-corrected chi connectivity index (χ1v) is 13.6. The third kappa shape index (κ3) is 6.99. The highest BCUT2D eigenvalue weighted by atomic mass is 15.1. The summed E-state index contributed by atoms with van der Waals surface area (Å²) in [6, 6.07) is 13.5. The quantitative estimate of drug-likeness (QED) is 0.334. The number of aliphatic imine (C=N–C) groups is 2. The Balaban J connectivity index is 1.84. The molecule has 0 aromatic heterocycles. The highest BCUT2D eigenvalue weighted by Gasteiger charge is 2.26. The molecule has 0 bridgehead atoms. The predicted octanol–water partition coefficient (Wildman–Crippen LogP) is 8.57. The van der Waals surface area contributed by atoms with Crippen LogP contribution in [-0.2, 0) is 10.8 Å². The standard InChI is InChI=1S/C32H48N4/c1-21-15-13-17-25(31(5,6)7)29(21)35-23(3)33-27-19-11-12-20-28(27)34-24(4)36-30-22(2)16-14-18-26(30)32(8,9)10/h13-18,27-28H,11-12,19-20H2,1-10H3,(H,33,35)(H,34,36)/t27-,28-/m0/s1. The second-order valence-corrected chi connectivity index (χ2v) is 12.6. The molecule has 2 atom stereocenters. The van der Waals surface area contributed by atoms with Crippen LogP contribution < -0.4 is 10.6 Å². The van der Waals surface area contributed by atoms with E-state index >= 15 is 0 Å². The minimum atomic E-state index is 0.0660. The molecule has 1 aliphatic rings. The van der Waals surface area contributed by atoms with Crippen LogP contribution in [-0.4, -0.2) is 23.8 Å². The maximum absolute atomic E-state index is 5.18. The first-order chi connectivity index (χ1) is 16.8. The lowest BCUT2D eigenvalue weighted by atomic mass is 9.84. The molecule has 3 rings (SSSR count). The Morgan fingerprint density at radius 3 is 1.36 bits per heavy atom. The van der Waals surface area contributed by atoms with Crippen LogP contribution in [0.25, 0.3) is 0 Å². The number of aryl methyl sites for hydroxylation is 2. The van der Waals surface area contributed by atoms with E-state index in [1.807, 2.05) is 0 Å². The predicted molar refractivity (Wildman–Crippen MR) is 159 cm³/mol. The number of benzene rings is 2. The molecule has 0 spiro atoms. The van der Waals surface area contributed by atoms with Gasteiger partial charge in [0.15, 0.2) is 0 Å². The van der Waals surface area contributed by atoms with Crippen molar-refractivity contribution in [3.05, 3.63) is 58.7 Å². The molecular weight excluding hydrogens is 440 g/mol. The number of para-hydroxylation sites is 2. The highest BCUT2D eigenvalue weighted by molar-refractivity contribution is 5.96. The average Bonchev–Trinajstić information content (AvgIpc) is 2.76. The van der Waals surface area contributed by atoms with Gasteiger partial charge in [-0.15, -0.1) is 0 Å². The zero-order valence-electron chi connectivity index (χ0n) is 24.3. The van der Waals surface area contributed by atoms with Crippen molar-refractivity contribution in [2.24, 2.45) is 9.98 Å². The van der Waals surface area contributed by atoms with Crippen molar-refractivity contribution in [2.45, 2.75) is 118 Å².